The molecule has 1 aliphatic heterocycles. The number of rotatable bonds is 12. The van der Waals surface area contributed by atoms with Crippen molar-refractivity contribution in [1.82, 2.24) is 21.0 Å². The molecule has 0 aliphatic carbocycles. The lowest BCUT2D eigenvalue weighted by Gasteiger charge is -2.34. The maximum atomic E-state index is 13.3. The van der Waals surface area contributed by atoms with Gasteiger partial charge in [-0.1, -0.05) is 44.5 Å². The van der Waals surface area contributed by atoms with E-state index >= 15 is 0 Å². The Bertz CT molecular complexity index is 847. The molecule has 196 valence electrons. The number of hydrogen-bond donors (Lipinski definition) is 5. The van der Waals surface area contributed by atoms with Gasteiger partial charge in [-0.25, -0.2) is 5.48 Å². The summed E-state index contributed by atoms with van der Waals surface area (Å²) in [6.45, 7) is 8.84. The third-order valence-electron chi connectivity index (χ3n) is 6.14. The van der Waals surface area contributed by atoms with Gasteiger partial charge in [0.2, 0.25) is 11.8 Å². The van der Waals surface area contributed by atoms with Gasteiger partial charge in [-0.3, -0.25) is 24.5 Å². The van der Waals surface area contributed by atoms with Crippen molar-refractivity contribution in [1.29, 1.82) is 0 Å². The fourth-order valence-corrected chi connectivity index (χ4v) is 4.16. The zero-order chi connectivity index (χ0) is 26.0. The molecule has 0 aromatic heterocycles. The van der Waals surface area contributed by atoms with Gasteiger partial charge in [0.05, 0.1) is 19.1 Å². The van der Waals surface area contributed by atoms with Crippen molar-refractivity contribution in [2.45, 2.75) is 45.3 Å². The minimum Gasteiger partial charge on any atom is -0.379 e. The molecule has 1 aliphatic rings. The Balaban J connectivity index is 2.17. The highest BCUT2D eigenvalue weighted by Crippen LogP contribution is 2.27. The number of benzene rings is 1. The first-order chi connectivity index (χ1) is 16.6. The molecule has 0 saturated carbocycles. The summed E-state index contributed by atoms with van der Waals surface area (Å²) in [6, 6.07) is 5.88. The number of nitrogens with zero attached hydrogens (tertiary/aromatic N) is 1. The van der Waals surface area contributed by atoms with Crippen molar-refractivity contribution in [2.24, 2.45) is 11.8 Å². The van der Waals surface area contributed by atoms with Crippen LogP contribution in [0.2, 0.25) is 5.02 Å². The monoisotopic (exact) mass is 512 g/mol. The Labute approximate surface area is 211 Å². The van der Waals surface area contributed by atoms with Crippen molar-refractivity contribution < 1.29 is 29.4 Å². The van der Waals surface area contributed by atoms with Gasteiger partial charge in [-0.2, -0.15) is 0 Å². The standard InChI is InChI=1S/C24H37ClN4O6/c1-16(2)15-24(33,17(3)21(30)28-34)23(32)27-20(14-18-4-6-19(25)7-5-18)22(31)26-8-9-29-10-12-35-13-11-29/h4-7,16-17,20,33-34H,8-15H2,1-3H3,(H,26,31)(H,27,32)(H,28,30)/t17-,20+,24+/m1/s1. The third kappa shape index (κ3) is 8.73. The summed E-state index contributed by atoms with van der Waals surface area (Å²) in [5.74, 6) is -3.56. The van der Waals surface area contributed by atoms with Crippen LogP contribution in [0.3, 0.4) is 0 Å². The number of halogens is 1. The highest BCUT2D eigenvalue weighted by atomic mass is 35.5. The van der Waals surface area contributed by atoms with Gasteiger partial charge in [0.15, 0.2) is 5.60 Å². The van der Waals surface area contributed by atoms with Gasteiger partial charge in [0.25, 0.3) is 5.91 Å². The van der Waals surface area contributed by atoms with Crippen LogP contribution in [0.1, 0.15) is 32.8 Å². The summed E-state index contributed by atoms with van der Waals surface area (Å²) >= 11 is 5.97. The van der Waals surface area contributed by atoms with E-state index < -0.39 is 35.3 Å². The van der Waals surface area contributed by atoms with Crippen molar-refractivity contribution >= 4 is 29.3 Å². The number of carbonyl (C=O) groups excluding carboxylic acids is 3. The van der Waals surface area contributed by atoms with E-state index in [-0.39, 0.29) is 18.8 Å². The lowest BCUT2D eigenvalue weighted by atomic mass is 9.80. The highest BCUT2D eigenvalue weighted by Gasteiger charge is 2.46. The van der Waals surface area contributed by atoms with Crippen molar-refractivity contribution in [3.63, 3.8) is 0 Å². The number of hydroxylamine groups is 1. The second kappa shape index (κ2) is 13.7. The first-order valence-electron chi connectivity index (χ1n) is 11.9. The summed E-state index contributed by atoms with van der Waals surface area (Å²) in [6.07, 6.45) is 0.115. The highest BCUT2D eigenvalue weighted by molar-refractivity contribution is 6.30. The lowest BCUT2D eigenvalue weighted by molar-refractivity contribution is -0.159. The summed E-state index contributed by atoms with van der Waals surface area (Å²) in [4.78, 5) is 40.6. The normalized spacial score (nSPS) is 17.8. The number of aliphatic hydroxyl groups is 1. The molecule has 0 radical (unpaired) electrons. The number of carbonyl (C=O) groups is 3. The fourth-order valence-electron chi connectivity index (χ4n) is 4.04. The van der Waals surface area contributed by atoms with Crippen LogP contribution in [0, 0.1) is 11.8 Å². The van der Waals surface area contributed by atoms with Crippen LogP contribution in [0.15, 0.2) is 24.3 Å². The average Bonchev–Trinajstić information content (AvgIpc) is 2.83. The molecule has 3 atom stereocenters. The predicted octanol–water partition coefficient (Wildman–Crippen LogP) is 0.734. The Morgan fingerprint density at radius 3 is 2.31 bits per heavy atom. The van der Waals surface area contributed by atoms with Crippen LogP contribution in [-0.4, -0.2) is 84.0 Å². The summed E-state index contributed by atoms with van der Waals surface area (Å²) < 4.78 is 5.33. The van der Waals surface area contributed by atoms with Crippen LogP contribution < -0.4 is 16.1 Å². The van der Waals surface area contributed by atoms with Crippen LogP contribution in [-0.2, 0) is 25.5 Å². The zero-order valence-corrected chi connectivity index (χ0v) is 21.3. The van der Waals surface area contributed by atoms with Crippen molar-refractivity contribution in [3.05, 3.63) is 34.9 Å². The summed E-state index contributed by atoms with van der Waals surface area (Å²) in [7, 11) is 0. The van der Waals surface area contributed by atoms with Gasteiger partial charge in [-0.15, -0.1) is 0 Å². The van der Waals surface area contributed by atoms with E-state index in [4.69, 9.17) is 21.5 Å². The number of amides is 3. The molecule has 0 unspecified atom stereocenters. The third-order valence-corrected chi connectivity index (χ3v) is 6.39. The van der Waals surface area contributed by atoms with Gasteiger partial charge in [0.1, 0.15) is 6.04 Å². The molecular formula is C24H37ClN4O6. The Morgan fingerprint density at radius 1 is 1.11 bits per heavy atom. The van der Waals surface area contributed by atoms with Crippen LogP contribution in [0.25, 0.3) is 0 Å². The van der Waals surface area contributed by atoms with E-state index in [1.165, 1.54) is 12.4 Å². The zero-order valence-electron chi connectivity index (χ0n) is 20.6. The molecule has 11 heteroatoms. The Kier molecular flexibility index (Phi) is 11.4. The Hall–Kier alpha value is -2.24. The van der Waals surface area contributed by atoms with E-state index in [2.05, 4.69) is 15.5 Å². The van der Waals surface area contributed by atoms with E-state index in [1.807, 2.05) is 0 Å². The Morgan fingerprint density at radius 2 is 1.74 bits per heavy atom. The van der Waals surface area contributed by atoms with E-state index in [0.29, 0.717) is 31.3 Å². The fraction of sp³-hybridized carbons (Fsp3) is 0.625. The predicted molar refractivity (Wildman–Crippen MR) is 131 cm³/mol. The van der Waals surface area contributed by atoms with Gasteiger partial charge in [0, 0.05) is 37.6 Å². The van der Waals surface area contributed by atoms with Crippen molar-refractivity contribution in [2.75, 3.05) is 39.4 Å². The minimum absolute atomic E-state index is 0.0419. The molecule has 1 heterocycles. The number of ether oxygens (including phenoxy) is 1. The van der Waals surface area contributed by atoms with Gasteiger partial charge in [-0.05, 0) is 30.0 Å². The molecule has 5 N–H and O–H groups in total. The van der Waals surface area contributed by atoms with E-state index in [9.17, 15) is 19.5 Å². The molecule has 1 saturated heterocycles. The molecule has 1 aromatic carbocycles. The van der Waals surface area contributed by atoms with Gasteiger partial charge >= 0.3 is 0 Å². The molecule has 10 nitrogen and oxygen atoms in total. The quantitative estimate of drug-likeness (QED) is 0.205. The first kappa shape index (κ1) is 29.0. The molecule has 2 rings (SSSR count). The molecular weight excluding hydrogens is 476 g/mol. The van der Waals surface area contributed by atoms with Crippen LogP contribution >= 0.6 is 11.6 Å². The number of nitrogens with one attached hydrogen (secondary N) is 3. The molecule has 0 spiro atoms. The lowest BCUT2D eigenvalue weighted by Crippen LogP contribution is -2.60. The second-order valence-electron chi connectivity index (χ2n) is 9.32. The smallest absolute Gasteiger partial charge is 0.253 e. The molecule has 1 aromatic rings. The van der Waals surface area contributed by atoms with E-state index in [1.54, 1.807) is 38.1 Å². The second-order valence-corrected chi connectivity index (χ2v) is 9.76. The van der Waals surface area contributed by atoms with Crippen LogP contribution in [0.5, 0.6) is 0 Å². The molecule has 3 amide bonds. The maximum absolute atomic E-state index is 13.3. The average molecular weight is 513 g/mol. The summed E-state index contributed by atoms with van der Waals surface area (Å²) in [5, 5.41) is 26.3. The topological polar surface area (TPSA) is 140 Å². The van der Waals surface area contributed by atoms with Gasteiger partial charge < -0.3 is 20.5 Å². The van der Waals surface area contributed by atoms with E-state index in [0.717, 1.165) is 18.7 Å². The minimum atomic E-state index is -2.13. The first-order valence-corrected chi connectivity index (χ1v) is 12.2. The molecule has 0 bridgehead atoms. The number of hydrogen-bond acceptors (Lipinski definition) is 7. The largest absolute Gasteiger partial charge is 0.379 e. The van der Waals surface area contributed by atoms with Crippen molar-refractivity contribution in [3.8, 4) is 0 Å². The summed E-state index contributed by atoms with van der Waals surface area (Å²) in [5.41, 5.74) is 0.124. The SMILES string of the molecule is CC(C)C[C@@](O)(C(=O)N[C@@H](Cc1ccc(Cl)cc1)C(=O)NCCN1CCOCC1)[C@H](C)C(=O)NO. The van der Waals surface area contributed by atoms with Crippen LogP contribution in [0.4, 0.5) is 0 Å². The number of morpholine rings is 1. The maximum Gasteiger partial charge on any atom is 0.253 e. The molecule has 35 heavy (non-hydrogen) atoms. The molecule has 1 fully saturated rings.